The average Bonchev–Trinajstić information content (AvgIpc) is 2.83. The van der Waals surface area contributed by atoms with Gasteiger partial charge in [0.1, 0.15) is 0 Å². The molecule has 1 amide bonds. The highest BCUT2D eigenvalue weighted by Crippen LogP contribution is 2.31. The summed E-state index contributed by atoms with van der Waals surface area (Å²) in [5.41, 5.74) is 0. The van der Waals surface area contributed by atoms with Crippen molar-refractivity contribution in [2.45, 2.75) is 51.6 Å². The van der Waals surface area contributed by atoms with E-state index in [4.69, 9.17) is 0 Å². The Hall–Kier alpha value is -0.570. The summed E-state index contributed by atoms with van der Waals surface area (Å²) in [7, 11) is 0. The van der Waals surface area contributed by atoms with E-state index in [0.29, 0.717) is 12.0 Å². The Morgan fingerprint density at radius 3 is 2.60 bits per heavy atom. The van der Waals surface area contributed by atoms with Crippen molar-refractivity contribution in [3.05, 3.63) is 0 Å². The molecule has 0 radical (unpaired) electrons. The number of carbonyl (C=O) groups is 1. The fourth-order valence-corrected chi connectivity index (χ4v) is 2.76. The molecule has 2 fully saturated rings. The largest absolute Gasteiger partial charge is 0.352 e. The minimum Gasteiger partial charge on any atom is -0.352 e. The second kappa shape index (κ2) is 4.52. The first-order chi connectivity index (χ1) is 7.18. The molecule has 1 saturated carbocycles. The van der Waals surface area contributed by atoms with Gasteiger partial charge in [-0.25, -0.2) is 0 Å². The molecule has 1 aliphatic carbocycles. The highest BCUT2D eigenvalue weighted by atomic mass is 16.2. The third kappa shape index (κ3) is 2.33. The van der Waals surface area contributed by atoms with Gasteiger partial charge in [-0.1, -0.05) is 13.8 Å². The number of hydrogen-bond acceptors (Lipinski definition) is 2. The normalized spacial score (nSPS) is 40.7. The summed E-state index contributed by atoms with van der Waals surface area (Å²) in [6.07, 6.45) is 4.54. The first-order valence-electron chi connectivity index (χ1n) is 6.22. The van der Waals surface area contributed by atoms with E-state index in [-0.39, 0.29) is 11.9 Å². The van der Waals surface area contributed by atoms with Gasteiger partial charge in [0.05, 0.1) is 6.04 Å². The second-order valence-electron chi connectivity index (χ2n) is 5.18. The molecule has 15 heavy (non-hydrogen) atoms. The lowest BCUT2D eigenvalue weighted by Crippen LogP contribution is -2.46. The van der Waals surface area contributed by atoms with Crippen molar-refractivity contribution in [1.82, 2.24) is 10.6 Å². The van der Waals surface area contributed by atoms with Crippen molar-refractivity contribution < 1.29 is 4.79 Å². The maximum atomic E-state index is 11.9. The first kappa shape index (κ1) is 10.9. The van der Waals surface area contributed by atoms with E-state index < -0.39 is 0 Å². The molecular formula is C12H22N2O. The van der Waals surface area contributed by atoms with Crippen molar-refractivity contribution >= 4 is 5.91 Å². The van der Waals surface area contributed by atoms with E-state index in [1.54, 1.807) is 0 Å². The lowest BCUT2D eigenvalue weighted by Gasteiger charge is -2.21. The minimum atomic E-state index is 0.0770. The van der Waals surface area contributed by atoms with Crippen LogP contribution in [0.1, 0.15) is 39.5 Å². The summed E-state index contributed by atoms with van der Waals surface area (Å²) in [5, 5.41) is 6.44. The maximum Gasteiger partial charge on any atom is 0.237 e. The molecule has 3 nitrogen and oxygen atoms in total. The fraction of sp³-hybridized carbons (Fsp3) is 0.917. The molecule has 1 aliphatic heterocycles. The lowest BCUT2D eigenvalue weighted by molar-refractivity contribution is -0.123. The van der Waals surface area contributed by atoms with Gasteiger partial charge in [-0.2, -0.15) is 0 Å². The van der Waals surface area contributed by atoms with Crippen LogP contribution in [0.5, 0.6) is 0 Å². The first-order valence-corrected chi connectivity index (χ1v) is 6.22. The summed E-state index contributed by atoms with van der Waals surface area (Å²) in [4.78, 5) is 11.9. The highest BCUT2D eigenvalue weighted by Gasteiger charge is 2.32. The fourth-order valence-electron chi connectivity index (χ4n) is 2.76. The SMILES string of the molecule is CC1CCC(NC(=O)[C@@H]2CCCN2)C1C. The van der Waals surface area contributed by atoms with Crippen LogP contribution >= 0.6 is 0 Å². The van der Waals surface area contributed by atoms with E-state index in [0.717, 1.165) is 31.7 Å². The topological polar surface area (TPSA) is 41.1 Å². The van der Waals surface area contributed by atoms with Crippen molar-refractivity contribution in [3.63, 3.8) is 0 Å². The van der Waals surface area contributed by atoms with Crippen molar-refractivity contribution in [1.29, 1.82) is 0 Å². The van der Waals surface area contributed by atoms with Gasteiger partial charge in [0.15, 0.2) is 0 Å². The Morgan fingerprint density at radius 2 is 2.07 bits per heavy atom. The molecule has 1 heterocycles. The average molecular weight is 210 g/mol. The standard InChI is InChI=1S/C12H22N2O/c1-8-5-6-10(9(8)2)14-12(15)11-4-3-7-13-11/h8-11,13H,3-7H2,1-2H3,(H,14,15)/t8?,9?,10?,11-/m0/s1. The summed E-state index contributed by atoms with van der Waals surface area (Å²) in [6, 6.07) is 0.489. The summed E-state index contributed by atoms with van der Waals surface area (Å²) < 4.78 is 0. The number of amides is 1. The van der Waals surface area contributed by atoms with E-state index in [1.807, 2.05) is 0 Å². The second-order valence-corrected chi connectivity index (χ2v) is 5.18. The van der Waals surface area contributed by atoms with Crippen LogP contribution in [0.25, 0.3) is 0 Å². The third-order valence-corrected chi connectivity index (χ3v) is 4.17. The quantitative estimate of drug-likeness (QED) is 0.721. The molecule has 0 aromatic rings. The zero-order chi connectivity index (χ0) is 10.8. The van der Waals surface area contributed by atoms with E-state index in [2.05, 4.69) is 24.5 Å². The van der Waals surface area contributed by atoms with Gasteiger partial charge < -0.3 is 10.6 Å². The van der Waals surface area contributed by atoms with Crippen LogP contribution in [0.2, 0.25) is 0 Å². The van der Waals surface area contributed by atoms with Crippen LogP contribution in [0, 0.1) is 11.8 Å². The van der Waals surface area contributed by atoms with Crippen molar-refractivity contribution in [2.75, 3.05) is 6.54 Å². The number of rotatable bonds is 2. The molecule has 4 atom stereocenters. The number of carbonyl (C=O) groups excluding carboxylic acids is 1. The van der Waals surface area contributed by atoms with Crippen LogP contribution in [-0.4, -0.2) is 24.5 Å². The molecule has 0 aromatic carbocycles. The maximum absolute atomic E-state index is 11.9. The van der Waals surface area contributed by atoms with Gasteiger partial charge in [-0.15, -0.1) is 0 Å². The van der Waals surface area contributed by atoms with Gasteiger partial charge >= 0.3 is 0 Å². The van der Waals surface area contributed by atoms with Crippen molar-refractivity contribution in [3.8, 4) is 0 Å². The van der Waals surface area contributed by atoms with Crippen LogP contribution in [0.4, 0.5) is 0 Å². The van der Waals surface area contributed by atoms with Crippen LogP contribution < -0.4 is 10.6 Å². The summed E-state index contributed by atoms with van der Waals surface area (Å²) in [5.74, 6) is 1.61. The van der Waals surface area contributed by atoms with E-state index >= 15 is 0 Å². The molecule has 3 unspecified atom stereocenters. The van der Waals surface area contributed by atoms with E-state index in [1.165, 1.54) is 6.42 Å². The Balaban J connectivity index is 1.83. The Labute approximate surface area is 92.0 Å². The molecule has 1 saturated heterocycles. The zero-order valence-corrected chi connectivity index (χ0v) is 9.75. The summed E-state index contributed by atoms with van der Waals surface area (Å²) >= 11 is 0. The van der Waals surface area contributed by atoms with Crippen LogP contribution in [0.3, 0.4) is 0 Å². The van der Waals surface area contributed by atoms with Crippen LogP contribution in [-0.2, 0) is 4.79 Å². The van der Waals surface area contributed by atoms with Gasteiger partial charge in [0, 0.05) is 6.04 Å². The smallest absolute Gasteiger partial charge is 0.237 e. The third-order valence-electron chi connectivity index (χ3n) is 4.17. The Morgan fingerprint density at radius 1 is 1.27 bits per heavy atom. The molecule has 86 valence electrons. The Bertz CT molecular complexity index is 236. The molecule has 0 aromatic heterocycles. The summed E-state index contributed by atoms with van der Waals surface area (Å²) in [6.45, 7) is 5.53. The minimum absolute atomic E-state index is 0.0770. The monoisotopic (exact) mass is 210 g/mol. The number of hydrogen-bond donors (Lipinski definition) is 2. The molecular weight excluding hydrogens is 188 g/mol. The van der Waals surface area contributed by atoms with Gasteiger partial charge in [-0.3, -0.25) is 4.79 Å². The molecule has 2 aliphatic rings. The molecule has 0 bridgehead atoms. The van der Waals surface area contributed by atoms with Crippen LogP contribution in [0.15, 0.2) is 0 Å². The zero-order valence-electron chi connectivity index (χ0n) is 9.75. The molecule has 2 rings (SSSR count). The number of nitrogens with one attached hydrogen (secondary N) is 2. The Kier molecular flexibility index (Phi) is 3.29. The van der Waals surface area contributed by atoms with E-state index in [9.17, 15) is 4.79 Å². The van der Waals surface area contributed by atoms with Gasteiger partial charge in [0.25, 0.3) is 0 Å². The molecule has 0 spiro atoms. The highest BCUT2D eigenvalue weighted by molar-refractivity contribution is 5.82. The molecule has 3 heteroatoms. The van der Waals surface area contributed by atoms with Gasteiger partial charge in [0.2, 0.25) is 5.91 Å². The predicted octanol–water partition coefficient (Wildman–Crippen LogP) is 1.29. The molecule has 2 N–H and O–H groups in total. The van der Waals surface area contributed by atoms with Gasteiger partial charge in [-0.05, 0) is 44.1 Å². The lowest BCUT2D eigenvalue weighted by atomic mass is 9.97. The van der Waals surface area contributed by atoms with Crippen molar-refractivity contribution in [2.24, 2.45) is 11.8 Å². The predicted molar refractivity (Wildman–Crippen MR) is 60.5 cm³/mol.